The lowest BCUT2D eigenvalue weighted by atomic mass is 10.1. The summed E-state index contributed by atoms with van der Waals surface area (Å²) in [7, 11) is 0. The van der Waals surface area contributed by atoms with Crippen molar-refractivity contribution in [2.45, 2.75) is 18.1 Å². The van der Waals surface area contributed by atoms with Gasteiger partial charge < -0.3 is 9.14 Å². The topological polar surface area (TPSA) is 47.8 Å². The first-order valence-corrected chi connectivity index (χ1v) is 12.3. The molecule has 0 aliphatic heterocycles. The molecular weight excluding hydrogens is 494 g/mol. The maximum absolute atomic E-state index is 13.5. The Labute approximate surface area is 197 Å². The zero-order valence-corrected chi connectivity index (χ0v) is 20.3. The van der Waals surface area contributed by atoms with Crippen LogP contribution in [0.5, 0.6) is 0 Å². The summed E-state index contributed by atoms with van der Waals surface area (Å²) in [5.41, 5.74) is 3.68. The Hall–Kier alpha value is -2.35. The number of carbonyl (C=O) groups is 2. The summed E-state index contributed by atoms with van der Waals surface area (Å²) in [5, 5.41) is 0.661. The molecule has 0 atom stereocenters. The van der Waals surface area contributed by atoms with Gasteiger partial charge in [0.25, 0.3) is 0 Å². The molecule has 0 saturated heterocycles. The Morgan fingerprint density at radius 2 is 2.00 bits per heavy atom. The Morgan fingerprint density at radius 3 is 2.68 bits per heavy atom. The number of aryl methyl sites for hydroxylation is 1. The standard InChI is InChI=1S/C24H20BrNO3S2/c1-4-12-30-24-20-19(22(31-24)21(27)15-6-8-16(25)9-7-15)18(23(28)29-5-2)17-13-14(3)10-11-26(17)20/h4,6-11,13H,1,5,12H2,2-3H3. The maximum atomic E-state index is 13.5. The van der Waals surface area contributed by atoms with Crippen LogP contribution in [0.3, 0.4) is 0 Å². The lowest BCUT2D eigenvalue weighted by Gasteiger charge is -2.05. The minimum atomic E-state index is -0.413. The second-order valence-corrected chi connectivity index (χ2v) is 10.2. The van der Waals surface area contributed by atoms with Crippen LogP contribution in [0.4, 0.5) is 0 Å². The Balaban J connectivity index is 2.06. The van der Waals surface area contributed by atoms with Gasteiger partial charge in [-0.05, 0) is 55.8 Å². The number of aromatic nitrogens is 1. The molecule has 7 heteroatoms. The molecule has 4 aromatic rings. The summed E-state index contributed by atoms with van der Waals surface area (Å²) < 4.78 is 9.28. The third-order valence-corrected chi connectivity index (χ3v) is 7.80. The number of rotatable bonds is 7. The number of esters is 1. The predicted molar refractivity (Wildman–Crippen MR) is 132 cm³/mol. The maximum Gasteiger partial charge on any atom is 0.341 e. The summed E-state index contributed by atoms with van der Waals surface area (Å²) in [5.74, 6) is 0.185. The van der Waals surface area contributed by atoms with Gasteiger partial charge in [0.2, 0.25) is 5.78 Å². The van der Waals surface area contributed by atoms with Crippen molar-refractivity contribution >= 4 is 67.2 Å². The highest BCUT2D eigenvalue weighted by molar-refractivity contribution is 9.10. The van der Waals surface area contributed by atoms with Crippen LogP contribution >= 0.6 is 39.0 Å². The number of benzene rings is 1. The van der Waals surface area contributed by atoms with Gasteiger partial charge in [-0.3, -0.25) is 4.79 Å². The van der Waals surface area contributed by atoms with Crippen molar-refractivity contribution in [3.8, 4) is 0 Å². The van der Waals surface area contributed by atoms with Crippen molar-refractivity contribution in [1.82, 2.24) is 4.40 Å². The normalized spacial score (nSPS) is 11.2. The molecule has 1 aromatic carbocycles. The molecule has 0 radical (unpaired) electrons. The minimum Gasteiger partial charge on any atom is -0.462 e. The number of carbonyl (C=O) groups excluding carboxylic acids is 2. The van der Waals surface area contributed by atoms with Gasteiger partial charge in [0, 0.05) is 27.4 Å². The van der Waals surface area contributed by atoms with Crippen LogP contribution in [0.2, 0.25) is 0 Å². The van der Waals surface area contributed by atoms with Crippen molar-refractivity contribution in [3.05, 3.63) is 81.3 Å². The van der Waals surface area contributed by atoms with Crippen molar-refractivity contribution in [1.29, 1.82) is 0 Å². The van der Waals surface area contributed by atoms with Crippen molar-refractivity contribution in [2.24, 2.45) is 0 Å². The van der Waals surface area contributed by atoms with Gasteiger partial charge in [-0.25, -0.2) is 4.79 Å². The molecule has 0 saturated carbocycles. The fourth-order valence-electron chi connectivity index (χ4n) is 3.51. The number of thioether (sulfide) groups is 1. The van der Waals surface area contributed by atoms with E-state index in [0.29, 0.717) is 27.1 Å². The molecule has 0 aliphatic carbocycles. The number of hydrogen-bond acceptors (Lipinski definition) is 5. The molecule has 0 spiro atoms. The summed E-state index contributed by atoms with van der Waals surface area (Å²) in [6.07, 6.45) is 3.78. The first-order chi connectivity index (χ1) is 15.0. The van der Waals surface area contributed by atoms with Gasteiger partial charge in [0.15, 0.2) is 0 Å². The van der Waals surface area contributed by atoms with E-state index in [2.05, 4.69) is 22.5 Å². The molecule has 0 aliphatic rings. The molecule has 158 valence electrons. The number of pyridine rings is 1. The second kappa shape index (κ2) is 9.02. The van der Waals surface area contributed by atoms with Gasteiger partial charge >= 0.3 is 5.97 Å². The first-order valence-electron chi connectivity index (χ1n) is 9.74. The van der Waals surface area contributed by atoms with Gasteiger partial charge in [-0.2, -0.15) is 0 Å². The molecule has 3 aromatic heterocycles. The lowest BCUT2D eigenvalue weighted by Crippen LogP contribution is -2.06. The number of halogens is 1. The van der Waals surface area contributed by atoms with E-state index in [9.17, 15) is 9.59 Å². The molecule has 4 rings (SSSR count). The number of ether oxygens (including phenoxy) is 1. The van der Waals surface area contributed by atoms with Crippen LogP contribution in [0.1, 0.15) is 38.1 Å². The third-order valence-electron chi connectivity index (χ3n) is 4.83. The Morgan fingerprint density at radius 1 is 1.26 bits per heavy atom. The van der Waals surface area contributed by atoms with E-state index in [1.165, 1.54) is 11.3 Å². The highest BCUT2D eigenvalue weighted by Gasteiger charge is 2.29. The largest absolute Gasteiger partial charge is 0.462 e. The molecule has 0 amide bonds. The number of fused-ring (bicyclic) bond motifs is 3. The molecule has 3 heterocycles. The van der Waals surface area contributed by atoms with E-state index in [0.717, 1.165) is 25.3 Å². The van der Waals surface area contributed by atoms with Crippen LogP contribution in [0, 0.1) is 6.92 Å². The van der Waals surface area contributed by atoms with Crippen molar-refractivity contribution in [2.75, 3.05) is 12.4 Å². The molecule has 0 unspecified atom stereocenters. The van der Waals surface area contributed by atoms with Crippen LogP contribution in [0.15, 0.2) is 63.9 Å². The predicted octanol–water partition coefficient (Wildman–Crippen LogP) is 6.91. The highest BCUT2D eigenvalue weighted by atomic mass is 79.9. The smallest absolute Gasteiger partial charge is 0.341 e. The highest BCUT2D eigenvalue weighted by Crippen LogP contribution is 2.44. The Bertz CT molecular complexity index is 1320. The summed E-state index contributed by atoms with van der Waals surface area (Å²) in [6, 6.07) is 11.2. The third kappa shape index (κ3) is 3.97. The van der Waals surface area contributed by atoms with E-state index in [4.69, 9.17) is 4.74 Å². The zero-order valence-electron chi connectivity index (χ0n) is 17.1. The average Bonchev–Trinajstić information content (AvgIpc) is 3.27. The van der Waals surface area contributed by atoms with Crippen LogP contribution in [-0.4, -0.2) is 28.5 Å². The van der Waals surface area contributed by atoms with Crippen LogP contribution in [-0.2, 0) is 4.74 Å². The quantitative estimate of drug-likeness (QED) is 0.116. The molecular formula is C24H20BrNO3S2. The zero-order chi connectivity index (χ0) is 22.1. The summed E-state index contributed by atoms with van der Waals surface area (Å²) >= 11 is 6.45. The summed E-state index contributed by atoms with van der Waals surface area (Å²) in [4.78, 5) is 27.1. The van der Waals surface area contributed by atoms with E-state index in [1.54, 1.807) is 30.8 Å². The number of hydrogen-bond donors (Lipinski definition) is 0. The minimum absolute atomic E-state index is 0.105. The number of ketones is 1. The lowest BCUT2D eigenvalue weighted by molar-refractivity contribution is 0.0531. The fraction of sp³-hybridized carbons (Fsp3) is 0.167. The SMILES string of the molecule is C=CCSc1sc(C(=O)c2ccc(Br)cc2)c2c(C(=O)OCC)c3cc(C)ccn3c12. The number of thiophene rings is 1. The van der Waals surface area contributed by atoms with Crippen LogP contribution in [0.25, 0.3) is 16.4 Å². The van der Waals surface area contributed by atoms with Gasteiger partial charge in [-0.15, -0.1) is 29.7 Å². The second-order valence-electron chi connectivity index (χ2n) is 6.93. The van der Waals surface area contributed by atoms with E-state index in [-0.39, 0.29) is 12.4 Å². The summed E-state index contributed by atoms with van der Waals surface area (Å²) in [6.45, 7) is 7.85. The molecule has 4 nitrogen and oxygen atoms in total. The molecule has 0 bridgehead atoms. The van der Waals surface area contributed by atoms with Gasteiger partial charge in [0.05, 0.1) is 32.3 Å². The van der Waals surface area contributed by atoms with Crippen LogP contribution < -0.4 is 0 Å². The van der Waals surface area contributed by atoms with E-state index in [1.807, 2.05) is 47.9 Å². The van der Waals surface area contributed by atoms with Crippen molar-refractivity contribution in [3.63, 3.8) is 0 Å². The Kier molecular flexibility index (Phi) is 6.36. The number of nitrogens with zero attached hydrogens (tertiary/aromatic N) is 1. The van der Waals surface area contributed by atoms with Crippen molar-refractivity contribution < 1.29 is 14.3 Å². The van der Waals surface area contributed by atoms with Gasteiger partial charge in [0.1, 0.15) is 0 Å². The van der Waals surface area contributed by atoms with Gasteiger partial charge in [-0.1, -0.05) is 22.0 Å². The molecule has 31 heavy (non-hydrogen) atoms. The monoisotopic (exact) mass is 513 g/mol. The van der Waals surface area contributed by atoms with E-state index >= 15 is 0 Å². The van der Waals surface area contributed by atoms with E-state index < -0.39 is 5.97 Å². The first kappa shape index (κ1) is 21.9. The molecule has 0 fully saturated rings. The average molecular weight is 514 g/mol. The molecule has 0 N–H and O–H groups in total. The fourth-order valence-corrected chi connectivity index (χ4v) is 6.06.